The fourth-order valence-electron chi connectivity index (χ4n) is 4.40. The summed E-state index contributed by atoms with van der Waals surface area (Å²) in [6.45, 7) is 13.4. The van der Waals surface area contributed by atoms with Gasteiger partial charge in [-0.2, -0.15) is 0 Å². The Morgan fingerprint density at radius 1 is 0.500 bits per heavy atom. The Kier molecular flexibility index (Phi) is 9.49. The van der Waals surface area contributed by atoms with Gasteiger partial charge in [0.2, 0.25) is 0 Å². The minimum Gasteiger partial charge on any atom is -0.457 e. The molecule has 0 N–H and O–H groups in total. The van der Waals surface area contributed by atoms with Crippen LogP contribution in [0.4, 0.5) is 0 Å². The molecule has 176 valence electrons. The number of rotatable bonds is 6. The number of ether oxygens (including phenoxy) is 1. The summed E-state index contributed by atoms with van der Waals surface area (Å²) in [4.78, 5) is 0. The van der Waals surface area contributed by atoms with Crippen molar-refractivity contribution in [3.63, 3.8) is 0 Å². The molecule has 0 aromatic heterocycles. The van der Waals surface area contributed by atoms with E-state index in [1.165, 1.54) is 45.7 Å². The van der Waals surface area contributed by atoms with E-state index in [0.29, 0.717) is 0 Å². The van der Waals surface area contributed by atoms with Crippen LogP contribution in [0.25, 0.3) is 0 Å². The van der Waals surface area contributed by atoms with Gasteiger partial charge in [0.1, 0.15) is 11.5 Å². The average Bonchev–Trinajstić information content (AvgIpc) is 2.79. The molecule has 0 saturated carbocycles. The lowest BCUT2D eigenvalue weighted by Crippen LogP contribution is -1.95. The van der Waals surface area contributed by atoms with Crippen LogP contribution in [0.1, 0.15) is 44.5 Å². The highest BCUT2D eigenvalue weighted by Crippen LogP contribution is 2.31. The molecule has 0 spiro atoms. The molecular weight excluding hydrogens is 431 g/mol. The van der Waals surface area contributed by atoms with E-state index in [0.717, 1.165) is 20.1 Å². The lowest BCUT2D eigenvalue weighted by atomic mass is 10.0. The summed E-state index contributed by atoms with van der Waals surface area (Å²) in [5.74, 6) is 1.74. The topological polar surface area (TPSA) is 9.23 Å². The molecule has 4 rings (SSSR count). The average molecular weight is 469 g/mol. The van der Waals surface area contributed by atoms with Crippen molar-refractivity contribution in [3.05, 3.63) is 129 Å². The summed E-state index contributed by atoms with van der Waals surface area (Å²) in [6, 6.07) is 28.8. The van der Waals surface area contributed by atoms with E-state index in [9.17, 15) is 0 Å². The molecular formula is C32H37OP. The molecule has 1 nitrogen and oxygen atoms in total. The van der Waals surface area contributed by atoms with Crippen molar-refractivity contribution in [2.45, 2.75) is 53.9 Å². The minimum atomic E-state index is 0.869. The number of benzene rings is 4. The van der Waals surface area contributed by atoms with E-state index in [2.05, 4.69) is 65.8 Å². The number of para-hydroxylation sites is 2. The maximum absolute atomic E-state index is 5.58. The first kappa shape index (κ1) is 25.7. The van der Waals surface area contributed by atoms with Crippen molar-refractivity contribution < 1.29 is 4.74 Å². The SMILES string of the molecule is Cc1cc(C)c(CPCc2c(C)cc(C)cc2C)c(C)c1.c1ccc(Oc2ccccc2)cc1. The first-order valence-corrected chi connectivity index (χ1v) is 13.4. The lowest BCUT2D eigenvalue weighted by molar-refractivity contribution is 0.482. The molecule has 0 atom stereocenters. The molecule has 4 aromatic rings. The predicted molar refractivity (Wildman–Crippen MR) is 150 cm³/mol. The number of hydrogen-bond acceptors (Lipinski definition) is 1. The van der Waals surface area contributed by atoms with Crippen LogP contribution in [0, 0.1) is 41.5 Å². The van der Waals surface area contributed by atoms with Crippen LogP contribution in [0.5, 0.6) is 11.5 Å². The highest BCUT2D eigenvalue weighted by Gasteiger charge is 2.07. The second kappa shape index (κ2) is 12.5. The van der Waals surface area contributed by atoms with Crippen LogP contribution < -0.4 is 4.74 Å². The van der Waals surface area contributed by atoms with E-state index < -0.39 is 0 Å². The molecule has 0 bridgehead atoms. The minimum absolute atomic E-state index is 0.869. The first-order valence-electron chi connectivity index (χ1n) is 12.0. The van der Waals surface area contributed by atoms with Crippen LogP contribution in [0.15, 0.2) is 84.9 Å². The fourth-order valence-corrected chi connectivity index (χ4v) is 6.14. The molecule has 0 amide bonds. The van der Waals surface area contributed by atoms with Gasteiger partial charge in [0, 0.05) is 0 Å². The second-order valence-electron chi connectivity index (χ2n) is 9.09. The normalized spacial score (nSPS) is 10.4. The third kappa shape index (κ3) is 7.57. The summed E-state index contributed by atoms with van der Waals surface area (Å²) in [6.07, 6.45) is 2.43. The van der Waals surface area contributed by atoms with Crippen molar-refractivity contribution >= 4 is 8.58 Å². The van der Waals surface area contributed by atoms with Gasteiger partial charge < -0.3 is 4.74 Å². The summed E-state index contributed by atoms with van der Waals surface area (Å²) in [7, 11) is 0.966. The monoisotopic (exact) mass is 468 g/mol. The quantitative estimate of drug-likeness (QED) is 0.256. The van der Waals surface area contributed by atoms with Crippen molar-refractivity contribution in [2.75, 3.05) is 0 Å². The van der Waals surface area contributed by atoms with Gasteiger partial charge in [-0.05, 0) is 112 Å². The zero-order valence-electron chi connectivity index (χ0n) is 21.4. The molecule has 0 fully saturated rings. The van der Waals surface area contributed by atoms with E-state index in [1.807, 2.05) is 60.7 Å². The maximum atomic E-state index is 5.58. The van der Waals surface area contributed by atoms with Crippen LogP contribution in [0.2, 0.25) is 0 Å². The largest absolute Gasteiger partial charge is 0.457 e. The van der Waals surface area contributed by atoms with E-state index in [4.69, 9.17) is 4.74 Å². The molecule has 0 aliphatic rings. The molecule has 0 aliphatic heterocycles. The summed E-state index contributed by atoms with van der Waals surface area (Å²) in [5, 5.41) is 0. The third-order valence-corrected chi connectivity index (χ3v) is 7.21. The summed E-state index contributed by atoms with van der Waals surface area (Å²) < 4.78 is 5.58. The first-order chi connectivity index (χ1) is 16.3. The van der Waals surface area contributed by atoms with Gasteiger partial charge in [0.25, 0.3) is 0 Å². The van der Waals surface area contributed by atoms with Crippen LogP contribution >= 0.6 is 8.58 Å². The Balaban J connectivity index is 0.000000212. The Hall–Kier alpha value is -2.89. The number of hydrogen-bond donors (Lipinski definition) is 0. The molecule has 34 heavy (non-hydrogen) atoms. The summed E-state index contributed by atoms with van der Waals surface area (Å²) in [5.41, 5.74) is 11.7. The van der Waals surface area contributed by atoms with Crippen molar-refractivity contribution in [1.29, 1.82) is 0 Å². The van der Waals surface area contributed by atoms with Crippen molar-refractivity contribution in [3.8, 4) is 11.5 Å². The zero-order chi connectivity index (χ0) is 24.5. The van der Waals surface area contributed by atoms with Crippen molar-refractivity contribution in [2.24, 2.45) is 0 Å². The van der Waals surface area contributed by atoms with Gasteiger partial charge in [-0.1, -0.05) is 71.8 Å². The highest BCUT2D eigenvalue weighted by molar-refractivity contribution is 7.36. The van der Waals surface area contributed by atoms with Gasteiger partial charge in [-0.25, -0.2) is 0 Å². The standard InChI is InChI=1S/C20H27P.C12H10O/c1-13-7-15(3)19(16(4)8-13)11-21-12-20-17(5)9-14(2)10-18(20)6;1-3-7-11(8-4-1)13-12-9-5-2-6-10-12/h7-10,21H,11-12H2,1-6H3;1-10H. The van der Waals surface area contributed by atoms with E-state index >= 15 is 0 Å². The fraction of sp³-hybridized carbons (Fsp3) is 0.250. The van der Waals surface area contributed by atoms with Crippen LogP contribution in [0.3, 0.4) is 0 Å². The van der Waals surface area contributed by atoms with E-state index in [1.54, 1.807) is 11.1 Å². The Morgan fingerprint density at radius 3 is 1.15 bits per heavy atom. The van der Waals surface area contributed by atoms with Gasteiger partial charge >= 0.3 is 0 Å². The Morgan fingerprint density at radius 2 is 0.824 bits per heavy atom. The van der Waals surface area contributed by atoms with Gasteiger partial charge in [-0.3, -0.25) is 0 Å². The van der Waals surface area contributed by atoms with E-state index in [-0.39, 0.29) is 0 Å². The maximum Gasteiger partial charge on any atom is 0.127 e. The Bertz CT molecular complexity index is 1060. The summed E-state index contributed by atoms with van der Waals surface area (Å²) >= 11 is 0. The van der Waals surface area contributed by atoms with Crippen LogP contribution in [-0.2, 0) is 12.3 Å². The van der Waals surface area contributed by atoms with Gasteiger partial charge in [0.15, 0.2) is 0 Å². The van der Waals surface area contributed by atoms with Crippen molar-refractivity contribution in [1.82, 2.24) is 0 Å². The smallest absolute Gasteiger partial charge is 0.127 e. The van der Waals surface area contributed by atoms with Crippen LogP contribution in [-0.4, -0.2) is 0 Å². The van der Waals surface area contributed by atoms with Gasteiger partial charge in [0.05, 0.1) is 0 Å². The molecule has 0 unspecified atom stereocenters. The highest BCUT2D eigenvalue weighted by atomic mass is 31.1. The zero-order valence-corrected chi connectivity index (χ0v) is 22.4. The molecule has 0 saturated heterocycles. The molecule has 0 radical (unpaired) electrons. The molecule has 0 heterocycles. The van der Waals surface area contributed by atoms with Gasteiger partial charge in [-0.15, -0.1) is 8.58 Å². The second-order valence-corrected chi connectivity index (χ2v) is 10.3. The molecule has 2 heteroatoms. The molecule has 4 aromatic carbocycles. The molecule has 0 aliphatic carbocycles. The Labute approximate surface area is 208 Å². The third-order valence-electron chi connectivity index (χ3n) is 6.01. The number of aryl methyl sites for hydroxylation is 6. The predicted octanol–water partition coefficient (Wildman–Crippen LogP) is 9.39. The lowest BCUT2D eigenvalue weighted by Gasteiger charge is -2.14.